The number of benzene rings is 1. The van der Waals surface area contributed by atoms with Gasteiger partial charge in [0.15, 0.2) is 10.4 Å². The first kappa shape index (κ1) is 19.6. The van der Waals surface area contributed by atoms with Gasteiger partial charge in [-0.3, -0.25) is 9.59 Å². The Labute approximate surface area is 167 Å². The van der Waals surface area contributed by atoms with Crippen LogP contribution in [0.1, 0.15) is 36.9 Å². The maximum Gasteiger partial charge on any atom is 0.291 e. The van der Waals surface area contributed by atoms with Crippen molar-refractivity contribution < 1.29 is 18.7 Å². The van der Waals surface area contributed by atoms with Crippen molar-refractivity contribution in [3.05, 3.63) is 52.4 Å². The van der Waals surface area contributed by atoms with E-state index in [-0.39, 0.29) is 29.3 Å². The Kier molecular flexibility index (Phi) is 5.72. The Hall–Kier alpha value is -2.12. The fourth-order valence-electron chi connectivity index (χ4n) is 3.27. The molecule has 144 valence electrons. The van der Waals surface area contributed by atoms with Crippen LogP contribution < -0.4 is 5.32 Å². The van der Waals surface area contributed by atoms with Crippen molar-refractivity contribution in [2.45, 2.75) is 38.9 Å². The lowest BCUT2D eigenvalue weighted by Gasteiger charge is -2.41. The highest BCUT2D eigenvalue weighted by atomic mass is 79.9. The van der Waals surface area contributed by atoms with Gasteiger partial charge in [-0.1, -0.05) is 12.1 Å². The van der Waals surface area contributed by atoms with Gasteiger partial charge in [0.05, 0.1) is 18.1 Å². The van der Waals surface area contributed by atoms with Gasteiger partial charge < -0.3 is 19.4 Å². The summed E-state index contributed by atoms with van der Waals surface area (Å²) in [4.78, 5) is 26.6. The predicted molar refractivity (Wildman–Crippen MR) is 106 cm³/mol. The van der Waals surface area contributed by atoms with E-state index in [4.69, 9.17) is 9.15 Å². The molecule has 1 N–H and O–H groups in total. The molecule has 0 aliphatic carbocycles. The minimum Gasteiger partial charge on any atom is -0.444 e. The van der Waals surface area contributed by atoms with Gasteiger partial charge in [0, 0.05) is 18.8 Å². The fourth-order valence-corrected chi connectivity index (χ4v) is 3.57. The topological polar surface area (TPSA) is 71.8 Å². The monoisotopic (exact) mass is 434 g/mol. The van der Waals surface area contributed by atoms with Crippen LogP contribution in [-0.2, 0) is 16.0 Å². The molecule has 0 spiro atoms. The first-order valence-corrected chi connectivity index (χ1v) is 9.62. The molecule has 7 heteroatoms. The minimum atomic E-state index is -0.331. The number of ether oxygens (including phenoxy) is 1. The molecule has 2 aromatic rings. The van der Waals surface area contributed by atoms with E-state index in [9.17, 15) is 9.59 Å². The summed E-state index contributed by atoms with van der Waals surface area (Å²) in [6.07, 6.45) is 0.347. The molecule has 1 aliphatic heterocycles. The van der Waals surface area contributed by atoms with Crippen LogP contribution >= 0.6 is 15.9 Å². The molecule has 1 fully saturated rings. The number of carbonyl (C=O) groups is 2. The van der Waals surface area contributed by atoms with Crippen LogP contribution in [0.2, 0.25) is 0 Å². The molecular formula is C20H23BrN2O4. The van der Waals surface area contributed by atoms with E-state index in [0.717, 1.165) is 5.56 Å². The zero-order valence-electron chi connectivity index (χ0n) is 15.6. The number of nitrogens with zero attached hydrogens (tertiary/aromatic N) is 1. The number of carbonyl (C=O) groups excluding carboxylic acids is 2. The summed E-state index contributed by atoms with van der Waals surface area (Å²) in [7, 11) is 0. The van der Waals surface area contributed by atoms with Crippen molar-refractivity contribution in [2.75, 3.05) is 18.4 Å². The number of furan rings is 1. The molecule has 1 aromatic carbocycles. The third-order valence-corrected chi connectivity index (χ3v) is 4.71. The van der Waals surface area contributed by atoms with Gasteiger partial charge in [-0.25, -0.2) is 0 Å². The zero-order valence-corrected chi connectivity index (χ0v) is 17.2. The first-order chi connectivity index (χ1) is 12.7. The summed E-state index contributed by atoms with van der Waals surface area (Å²) >= 11 is 3.17. The highest BCUT2D eigenvalue weighted by Crippen LogP contribution is 2.22. The molecule has 1 atom stereocenters. The molecular weight excluding hydrogens is 412 g/mol. The third kappa shape index (κ3) is 5.20. The van der Waals surface area contributed by atoms with Gasteiger partial charge in [-0.15, -0.1) is 0 Å². The normalized spacial score (nSPS) is 19.0. The van der Waals surface area contributed by atoms with E-state index < -0.39 is 0 Å². The van der Waals surface area contributed by atoms with Crippen LogP contribution in [-0.4, -0.2) is 41.5 Å². The first-order valence-electron chi connectivity index (χ1n) is 8.83. The second kappa shape index (κ2) is 7.86. The van der Waals surface area contributed by atoms with Gasteiger partial charge in [0.25, 0.3) is 5.91 Å². The van der Waals surface area contributed by atoms with E-state index in [1.165, 1.54) is 0 Å². The van der Waals surface area contributed by atoms with Crippen LogP contribution in [0.25, 0.3) is 0 Å². The highest BCUT2D eigenvalue weighted by molar-refractivity contribution is 9.10. The zero-order chi connectivity index (χ0) is 19.6. The molecule has 1 saturated heterocycles. The van der Waals surface area contributed by atoms with E-state index in [1.54, 1.807) is 24.3 Å². The van der Waals surface area contributed by atoms with E-state index >= 15 is 0 Å². The average Bonchev–Trinajstić information content (AvgIpc) is 3.01. The summed E-state index contributed by atoms with van der Waals surface area (Å²) in [5, 5.41) is 2.77. The Morgan fingerprint density at radius 3 is 2.52 bits per heavy atom. The lowest BCUT2D eigenvalue weighted by Crippen LogP contribution is -2.54. The summed E-state index contributed by atoms with van der Waals surface area (Å²) < 4.78 is 11.6. The Bertz CT molecular complexity index is 829. The maximum atomic E-state index is 12.6. The van der Waals surface area contributed by atoms with Crippen molar-refractivity contribution in [2.24, 2.45) is 0 Å². The number of rotatable bonds is 4. The van der Waals surface area contributed by atoms with Crippen molar-refractivity contribution in [3.8, 4) is 0 Å². The Morgan fingerprint density at radius 2 is 1.93 bits per heavy atom. The van der Waals surface area contributed by atoms with Crippen LogP contribution in [0.15, 0.2) is 45.5 Å². The standard InChI is InChI=1S/C20H23BrN2O4/c1-13-11-23(12-20(2,3)27-13)18(24)10-14-4-6-15(7-5-14)22-19(25)16-8-9-17(21)26-16/h4-9,13H,10-12H2,1-3H3,(H,22,25). The quantitative estimate of drug-likeness (QED) is 0.792. The van der Waals surface area contributed by atoms with Crippen LogP contribution in [0.5, 0.6) is 0 Å². The number of anilines is 1. The van der Waals surface area contributed by atoms with E-state index in [2.05, 4.69) is 21.2 Å². The molecule has 0 saturated carbocycles. The van der Waals surface area contributed by atoms with Crippen molar-refractivity contribution >= 4 is 33.4 Å². The smallest absolute Gasteiger partial charge is 0.291 e. The lowest BCUT2D eigenvalue weighted by atomic mass is 10.0. The molecule has 0 radical (unpaired) electrons. The predicted octanol–water partition coefficient (Wildman–Crippen LogP) is 3.86. The van der Waals surface area contributed by atoms with Crippen molar-refractivity contribution in [3.63, 3.8) is 0 Å². The summed E-state index contributed by atoms with van der Waals surface area (Å²) in [6.45, 7) is 7.17. The minimum absolute atomic E-state index is 0.0249. The fraction of sp³-hybridized carbons (Fsp3) is 0.400. The maximum absolute atomic E-state index is 12.6. The molecule has 2 heterocycles. The Morgan fingerprint density at radius 1 is 1.22 bits per heavy atom. The second-order valence-corrected chi connectivity index (χ2v) is 8.18. The van der Waals surface area contributed by atoms with Crippen molar-refractivity contribution in [1.82, 2.24) is 4.90 Å². The van der Waals surface area contributed by atoms with Crippen LogP contribution in [0.4, 0.5) is 5.69 Å². The number of amides is 2. The number of nitrogens with one attached hydrogen (secondary N) is 1. The van der Waals surface area contributed by atoms with E-state index in [1.807, 2.05) is 37.8 Å². The number of hydrogen-bond acceptors (Lipinski definition) is 4. The lowest BCUT2D eigenvalue weighted by molar-refractivity contribution is -0.157. The number of hydrogen-bond donors (Lipinski definition) is 1. The summed E-state index contributed by atoms with van der Waals surface area (Å²) in [5.74, 6) is -0.0188. The SMILES string of the molecule is CC1CN(C(=O)Cc2ccc(NC(=O)c3ccc(Br)o3)cc2)CC(C)(C)O1. The molecule has 3 rings (SSSR count). The molecule has 1 aliphatic rings. The van der Waals surface area contributed by atoms with E-state index in [0.29, 0.717) is 29.9 Å². The number of morpholine rings is 1. The molecule has 6 nitrogen and oxygen atoms in total. The molecule has 27 heavy (non-hydrogen) atoms. The van der Waals surface area contributed by atoms with Gasteiger partial charge in [-0.2, -0.15) is 0 Å². The average molecular weight is 435 g/mol. The van der Waals surface area contributed by atoms with Gasteiger partial charge in [0.2, 0.25) is 5.91 Å². The second-order valence-electron chi connectivity index (χ2n) is 7.39. The number of halogens is 1. The largest absolute Gasteiger partial charge is 0.444 e. The van der Waals surface area contributed by atoms with Gasteiger partial charge in [0.1, 0.15) is 0 Å². The summed E-state index contributed by atoms with van der Waals surface area (Å²) in [5.41, 5.74) is 1.21. The highest BCUT2D eigenvalue weighted by Gasteiger charge is 2.33. The third-order valence-electron chi connectivity index (χ3n) is 4.29. The summed E-state index contributed by atoms with van der Waals surface area (Å²) in [6, 6.07) is 10.5. The molecule has 1 aromatic heterocycles. The van der Waals surface area contributed by atoms with Crippen molar-refractivity contribution in [1.29, 1.82) is 0 Å². The van der Waals surface area contributed by atoms with Gasteiger partial charge >= 0.3 is 0 Å². The molecule has 1 unspecified atom stereocenters. The Balaban J connectivity index is 1.59. The molecule has 2 amide bonds. The van der Waals surface area contributed by atoms with Gasteiger partial charge in [-0.05, 0) is 66.5 Å². The van der Waals surface area contributed by atoms with Crippen LogP contribution in [0, 0.1) is 0 Å². The van der Waals surface area contributed by atoms with Crippen LogP contribution in [0.3, 0.4) is 0 Å². The molecule has 0 bridgehead atoms.